The number of nitrogens with one attached hydrogen (secondary N) is 1. The van der Waals surface area contributed by atoms with Crippen LogP contribution in [0.15, 0.2) is 48.5 Å². The molecule has 0 saturated carbocycles. The first kappa shape index (κ1) is 19.4. The molecular weight excluding hydrogens is 330 g/mol. The van der Waals surface area contributed by atoms with Crippen molar-refractivity contribution >= 4 is 12.0 Å². The molecule has 26 heavy (non-hydrogen) atoms. The van der Waals surface area contributed by atoms with E-state index in [4.69, 9.17) is 14.2 Å². The summed E-state index contributed by atoms with van der Waals surface area (Å²) in [6, 6.07) is 13.1. The average molecular weight is 355 g/mol. The Kier molecular flexibility index (Phi) is 7.09. The molecule has 0 aliphatic heterocycles. The Morgan fingerprint density at radius 2 is 1.65 bits per heavy atom. The van der Waals surface area contributed by atoms with Gasteiger partial charge in [-0.1, -0.05) is 12.1 Å². The molecule has 0 saturated heterocycles. The van der Waals surface area contributed by atoms with Crippen LogP contribution in [0.1, 0.15) is 31.0 Å². The van der Waals surface area contributed by atoms with Crippen molar-refractivity contribution in [3.8, 4) is 17.2 Å². The summed E-state index contributed by atoms with van der Waals surface area (Å²) in [4.78, 5) is 12.2. The highest BCUT2D eigenvalue weighted by molar-refractivity contribution is 5.92. The lowest BCUT2D eigenvalue weighted by Gasteiger charge is -2.13. The molecule has 0 heterocycles. The van der Waals surface area contributed by atoms with Gasteiger partial charge in [-0.25, -0.2) is 0 Å². The molecule has 0 fully saturated rings. The van der Waals surface area contributed by atoms with Crippen molar-refractivity contribution < 1.29 is 19.0 Å². The van der Waals surface area contributed by atoms with Crippen LogP contribution in [0.25, 0.3) is 6.08 Å². The molecule has 0 spiro atoms. The van der Waals surface area contributed by atoms with Gasteiger partial charge in [0.05, 0.1) is 26.9 Å². The smallest absolute Gasteiger partial charge is 0.244 e. The Labute approximate surface area is 154 Å². The number of amides is 1. The van der Waals surface area contributed by atoms with Crippen LogP contribution in [0.3, 0.4) is 0 Å². The lowest BCUT2D eigenvalue weighted by atomic mass is 10.1. The zero-order valence-corrected chi connectivity index (χ0v) is 15.6. The normalized spacial score (nSPS) is 11.8. The van der Waals surface area contributed by atoms with Crippen LogP contribution in [0.2, 0.25) is 0 Å². The SMILES string of the molecule is CCOc1ccc(C(C)NC(=O)/C=C/c2cc(OC)cc(OC)c2)cc1. The van der Waals surface area contributed by atoms with Gasteiger partial charge in [0.15, 0.2) is 0 Å². The van der Waals surface area contributed by atoms with Gasteiger partial charge >= 0.3 is 0 Å². The topological polar surface area (TPSA) is 56.8 Å². The van der Waals surface area contributed by atoms with Crippen LogP contribution in [0.4, 0.5) is 0 Å². The summed E-state index contributed by atoms with van der Waals surface area (Å²) < 4.78 is 15.9. The largest absolute Gasteiger partial charge is 0.497 e. The Morgan fingerprint density at radius 1 is 1.04 bits per heavy atom. The molecule has 5 heteroatoms. The summed E-state index contributed by atoms with van der Waals surface area (Å²) in [5.41, 5.74) is 1.84. The number of carbonyl (C=O) groups is 1. The van der Waals surface area contributed by atoms with Crippen molar-refractivity contribution in [1.29, 1.82) is 0 Å². The number of rotatable bonds is 8. The zero-order chi connectivity index (χ0) is 18.9. The standard InChI is InChI=1S/C21H25NO4/c1-5-26-18-9-7-17(8-10-18)15(2)22-21(23)11-6-16-12-19(24-3)14-20(13-16)25-4/h6-15H,5H2,1-4H3,(H,22,23)/b11-6+. The van der Waals surface area contributed by atoms with Crippen molar-refractivity contribution in [3.05, 3.63) is 59.7 Å². The van der Waals surface area contributed by atoms with Crippen LogP contribution in [0, 0.1) is 0 Å². The van der Waals surface area contributed by atoms with Gasteiger partial charge in [0.2, 0.25) is 5.91 Å². The Bertz CT molecular complexity index is 731. The Balaban J connectivity index is 2.00. The van der Waals surface area contributed by atoms with Gasteiger partial charge < -0.3 is 19.5 Å². The first-order chi connectivity index (χ1) is 12.5. The molecular formula is C21H25NO4. The minimum absolute atomic E-state index is 0.109. The van der Waals surface area contributed by atoms with Crippen LogP contribution in [-0.2, 0) is 4.79 Å². The van der Waals surface area contributed by atoms with Crippen molar-refractivity contribution in [2.24, 2.45) is 0 Å². The van der Waals surface area contributed by atoms with E-state index in [1.54, 1.807) is 26.4 Å². The summed E-state index contributed by atoms with van der Waals surface area (Å²) in [7, 11) is 3.18. The summed E-state index contributed by atoms with van der Waals surface area (Å²) in [6.45, 7) is 4.52. The van der Waals surface area contributed by atoms with E-state index in [0.29, 0.717) is 18.1 Å². The van der Waals surface area contributed by atoms with Crippen molar-refractivity contribution in [2.45, 2.75) is 19.9 Å². The van der Waals surface area contributed by atoms with E-state index in [1.165, 1.54) is 6.08 Å². The van der Waals surface area contributed by atoms with Gasteiger partial charge in [-0.3, -0.25) is 4.79 Å². The third-order valence-corrected chi connectivity index (χ3v) is 3.85. The molecule has 5 nitrogen and oxygen atoms in total. The summed E-state index contributed by atoms with van der Waals surface area (Å²) in [5, 5.41) is 2.95. The van der Waals surface area contributed by atoms with E-state index in [-0.39, 0.29) is 11.9 Å². The highest BCUT2D eigenvalue weighted by atomic mass is 16.5. The summed E-state index contributed by atoms with van der Waals surface area (Å²) in [6.07, 6.45) is 3.23. The van der Waals surface area contributed by atoms with Crippen molar-refractivity contribution in [2.75, 3.05) is 20.8 Å². The molecule has 1 N–H and O–H groups in total. The molecule has 2 rings (SSSR count). The predicted octanol–water partition coefficient (Wildman–Crippen LogP) is 3.99. The molecule has 0 bridgehead atoms. The highest BCUT2D eigenvalue weighted by Gasteiger charge is 2.08. The van der Waals surface area contributed by atoms with E-state index >= 15 is 0 Å². The molecule has 1 unspecified atom stereocenters. The lowest BCUT2D eigenvalue weighted by molar-refractivity contribution is -0.117. The van der Waals surface area contributed by atoms with E-state index in [1.807, 2.05) is 50.2 Å². The van der Waals surface area contributed by atoms with Crippen LogP contribution in [0.5, 0.6) is 17.2 Å². The van der Waals surface area contributed by atoms with E-state index in [9.17, 15) is 4.79 Å². The van der Waals surface area contributed by atoms with Crippen LogP contribution < -0.4 is 19.5 Å². The molecule has 0 aliphatic rings. The minimum atomic E-state index is -0.173. The van der Waals surface area contributed by atoms with Crippen molar-refractivity contribution in [1.82, 2.24) is 5.32 Å². The van der Waals surface area contributed by atoms with Crippen LogP contribution in [-0.4, -0.2) is 26.7 Å². The van der Waals surface area contributed by atoms with Gasteiger partial charge in [0, 0.05) is 12.1 Å². The fourth-order valence-electron chi connectivity index (χ4n) is 2.46. The Morgan fingerprint density at radius 3 is 2.19 bits per heavy atom. The second-order valence-electron chi connectivity index (χ2n) is 5.71. The third-order valence-electron chi connectivity index (χ3n) is 3.85. The number of methoxy groups -OCH3 is 2. The fraction of sp³-hybridized carbons (Fsp3) is 0.286. The second-order valence-corrected chi connectivity index (χ2v) is 5.71. The molecule has 0 aliphatic carbocycles. The zero-order valence-electron chi connectivity index (χ0n) is 15.6. The van der Waals surface area contributed by atoms with Gasteiger partial charge in [0.1, 0.15) is 17.2 Å². The maximum Gasteiger partial charge on any atom is 0.244 e. The number of hydrogen-bond donors (Lipinski definition) is 1. The van der Waals surface area contributed by atoms with Gasteiger partial charge in [0.25, 0.3) is 0 Å². The second kappa shape index (κ2) is 9.51. The molecule has 2 aromatic carbocycles. The molecule has 0 radical (unpaired) electrons. The highest BCUT2D eigenvalue weighted by Crippen LogP contribution is 2.23. The van der Waals surface area contributed by atoms with E-state index in [2.05, 4.69) is 5.32 Å². The fourth-order valence-corrected chi connectivity index (χ4v) is 2.46. The number of ether oxygens (including phenoxy) is 3. The molecule has 138 valence electrons. The quantitative estimate of drug-likeness (QED) is 0.728. The summed E-state index contributed by atoms with van der Waals surface area (Å²) >= 11 is 0. The Hall–Kier alpha value is -2.95. The van der Waals surface area contributed by atoms with Crippen LogP contribution >= 0.6 is 0 Å². The number of carbonyl (C=O) groups excluding carboxylic acids is 1. The molecule has 0 aromatic heterocycles. The lowest BCUT2D eigenvalue weighted by Crippen LogP contribution is -2.24. The van der Waals surface area contributed by atoms with Gasteiger partial charge in [-0.15, -0.1) is 0 Å². The minimum Gasteiger partial charge on any atom is -0.497 e. The monoisotopic (exact) mass is 355 g/mol. The molecule has 2 aromatic rings. The first-order valence-corrected chi connectivity index (χ1v) is 8.50. The molecule has 1 atom stereocenters. The third kappa shape index (κ3) is 5.55. The molecule has 1 amide bonds. The number of benzene rings is 2. The summed E-state index contributed by atoms with van der Waals surface area (Å²) in [5.74, 6) is 1.99. The van der Waals surface area contributed by atoms with E-state index < -0.39 is 0 Å². The van der Waals surface area contributed by atoms with E-state index in [0.717, 1.165) is 16.9 Å². The predicted molar refractivity (Wildman–Crippen MR) is 103 cm³/mol. The average Bonchev–Trinajstić information content (AvgIpc) is 2.66. The first-order valence-electron chi connectivity index (χ1n) is 8.50. The van der Waals surface area contributed by atoms with Gasteiger partial charge in [-0.05, 0) is 55.3 Å². The number of hydrogen-bond acceptors (Lipinski definition) is 4. The maximum absolute atomic E-state index is 12.2. The van der Waals surface area contributed by atoms with Gasteiger partial charge in [-0.2, -0.15) is 0 Å². The maximum atomic E-state index is 12.2. The van der Waals surface area contributed by atoms with Crippen molar-refractivity contribution in [3.63, 3.8) is 0 Å².